The number of pyridine rings is 1. The Kier molecular flexibility index (Phi) is 6.84. The van der Waals surface area contributed by atoms with Crippen LogP contribution in [0.25, 0.3) is 5.76 Å². The average molecular weight is 487 g/mol. The van der Waals surface area contributed by atoms with Crippen LogP contribution in [0.4, 0.5) is 0 Å². The summed E-state index contributed by atoms with van der Waals surface area (Å²) in [5, 5.41) is 11.5. The van der Waals surface area contributed by atoms with Crippen molar-refractivity contribution in [2.24, 2.45) is 0 Å². The lowest BCUT2D eigenvalue weighted by molar-refractivity contribution is -0.140. The summed E-state index contributed by atoms with van der Waals surface area (Å²) in [4.78, 5) is 32.2. The summed E-state index contributed by atoms with van der Waals surface area (Å²) in [5.41, 5.74) is 2.61. The first-order valence-electron chi connectivity index (χ1n) is 11.7. The lowest BCUT2D eigenvalue weighted by atomic mass is 9.84. The Balaban J connectivity index is 1.85. The molecule has 1 unspecified atom stereocenters. The van der Waals surface area contributed by atoms with Gasteiger partial charge in [0.25, 0.3) is 11.7 Å². The highest BCUT2D eigenvalue weighted by Gasteiger charge is 2.46. The largest absolute Gasteiger partial charge is 0.507 e. The number of aliphatic hydroxyl groups is 1. The minimum atomic E-state index is -0.768. The number of carbonyl (C=O) groups excluding carboxylic acids is 2. The number of Topliss-reactive ketones (excluding diaryl/α,β-unsaturated/α-hetero) is 1. The Labute approximate surface area is 211 Å². The number of ether oxygens (including phenoxy) is 2. The smallest absolute Gasteiger partial charge is 0.295 e. The summed E-state index contributed by atoms with van der Waals surface area (Å²) in [7, 11) is 3.18. The van der Waals surface area contributed by atoms with Crippen LogP contribution in [0.2, 0.25) is 0 Å². The maximum atomic E-state index is 13.3. The number of rotatable bonds is 6. The third-order valence-electron chi connectivity index (χ3n) is 6.35. The van der Waals surface area contributed by atoms with Gasteiger partial charge in [-0.15, -0.1) is 0 Å². The number of methoxy groups -OCH3 is 2. The van der Waals surface area contributed by atoms with Crippen LogP contribution in [-0.2, 0) is 21.5 Å². The molecule has 3 aromatic rings. The van der Waals surface area contributed by atoms with Crippen molar-refractivity contribution in [2.45, 2.75) is 38.8 Å². The molecule has 7 heteroatoms. The molecule has 36 heavy (non-hydrogen) atoms. The fourth-order valence-electron chi connectivity index (χ4n) is 4.46. The molecule has 0 bridgehead atoms. The Morgan fingerprint density at radius 1 is 0.972 bits per heavy atom. The zero-order valence-electron chi connectivity index (χ0n) is 21.1. The number of nitrogens with zero attached hydrogens (tertiary/aromatic N) is 2. The van der Waals surface area contributed by atoms with Gasteiger partial charge in [0.05, 0.1) is 25.8 Å². The minimum absolute atomic E-state index is 0.0461. The lowest BCUT2D eigenvalue weighted by Gasteiger charge is -2.26. The summed E-state index contributed by atoms with van der Waals surface area (Å²) in [6.45, 7) is 6.31. The number of benzene rings is 2. The highest BCUT2D eigenvalue weighted by molar-refractivity contribution is 6.46. The fraction of sp³-hybridized carbons (Fsp3) is 0.276. The molecule has 0 aliphatic carbocycles. The molecule has 1 atom stereocenters. The van der Waals surface area contributed by atoms with Crippen LogP contribution in [-0.4, -0.2) is 40.9 Å². The topological polar surface area (TPSA) is 89.0 Å². The molecule has 4 rings (SSSR count). The van der Waals surface area contributed by atoms with Crippen molar-refractivity contribution in [3.05, 3.63) is 94.8 Å². The van der Waals surface area contributed by atoms with E-state index in [1.807, 2.05) is 39.0 Å². The number of hydrogen-bond donors (Lipinski definition) is 1. The van der Waals surface area contributed by atoms with Gasteiger partial charge in [-0.25, -0.2) is 0 Å². The van der Waals surface area contributed by atoms with Gasteiger partial charge in [-0.05, 0) is 59.0 Å². The second-order valence-electron chi connectivity index (χ2n) is 9.72. The maximum Gasteiger partial charge on any atom is 0.295 e. The number of ketones is 1. The van der Waals surface area contributed by atoms with Gasteiger partial charge in [0.15, 0.2) is 0 Å². The van der Waals surface area contributed by atoms with E-state index < -0.39 is 17.7 Å². The van der Waals surface area contributed by atoms with Crippen LogP contribution >= 0.6 is 0 Å². The zero-order valence-corrected chi connectivity index (χ0v) is 21.1. The van der Waals surface area contributed by atoms with E-state index in [9.17, 15) is 14.7 Å². The van der Waals surface area contributed by atoms with Gasteiger partial charge in [0, 0.05) is 30.1 Å². The average Bonchev–Trinajstić information content (AvgIpc) is 3.13. The molecule has 7 nitrogen and oxygen atoms in total. The van der Waals surface area contributed by atoms with Crippen molar-refractivity contribution in [2.75, 3.05) is 14.2 Å². The van der Waals surface area contributed by atoms with E-state index in [2.05, 4.69) is 4.98 Å². The molecule has 0 saturated carbocycles. The summed E-state index contributed by atoms with van der Waals surface area (Å²) >= 11 is 0. The van der Waals surface area contributed by atoms with Gasteiger partial charge < -0.3 is 19.5 Å². The molecule has 1 aromatic heterocycles. The molecule has 0 radical (unpaired) electrons. The van der Waals surface area contributed by atoms with Crippen LogP contribution in [0.15, 0.2) is 72.6 Å². The lowest BCUT2D eigenvalue weighted by Crippen LogP contribution is -2.29. The molecule has 186 valence electrons. The number of aromatic nitrogens is 1. The molecule has 1 aliphatic rings. The van der Waals surface area contributed by atoms with E-state index in [0.717, 1.165) is 11.1 Å². The first kappa shape index (κ1) is 25.0. The Morgan fingerprint density at radius 3 is 2.22 bits per heavy atom. The summed E-state index contributed by atoms with van der Waals surface area (Å²) in [6, 6.07) is 15.3. The van der Waals surface area contributed by atoms with E-state index in [0.29, 0.717) is 22.6 Å². The number of carbonyl (C=O) groups is 2. The molecule has 1 amide bonds. The van der Waals surface area contributed by atoms with Crippen LogP contribution < -0.4 is 9.47 Å². The van der Waals surface area contributed by atoms with Crippen LogP contribution in [0.3, 0.4) is 0 Å². The maximum absolute atomic E-state index is 13.3. The SMILES string of the molecule is COc1ccc(CN2C(=O)C(=O)/C(=C(\O)c3ccc(OC)c(C(C)(C)C)c3)C2c2ccncc2)cc1. The van der Waals surface area contributed by atoms with Gasteiger partial charge in [0.1, 0.15) is 17.3 Å². The number of aliphatic hydroxyl groups excluding tert-OH is 1. The second kappa shape index (κ2) is 9.85. The van der Waals surface area contributed by atoms with E-state index in [-0.39, 0.29) is 23.3 Å². The highest BCUT2D eigenvalue weighted by Crippen LogP contribution is 2.41. The van der Waals surface area contributed by atoms with E-state index in [1.54, 1.807) is 63.0 Å². The monoisotopic (exact) mass is 486 g/mol. The van der Waals surface area contributed by atoms with Gasteiger partial charge in [-0.2, -0.15) is 0 Å². The third-order valence-corrected chi connectivity index (χ3v) is 6.35. The normalized spacial score (nSPS) is 17.4. The Bertz CT molecular complexity index is 1310. The minimum Gasteiger partial charge on any atom is -0.507 e. The molecule has 1 aliphatic heterocycles. The molecule has 0 spiro atoms. The predicted octanol–water partition coefficient (Wildman–Crippen LogP) is 5.02. The summed E-state index contributed by atoms with van der Waals surface area (Å²) < 4.78 is 10.7. The number of likely N-dealkylation sites (tertiary alicyclic amines) is 1. The van der Waals surface area contributed by atoms with Gasteiger partial charge in [-0.3, -0.25) is 14.6 Å². The second-order valence-corrected chi connectivity index (χ2v) is 9.72. The quantitative estimate of drug-likeness (QED) is 0.299. The van der Waals surface area contributed by atoms with Gasteiger partial charge in [0.2, 0.25) is 0 Å². The first-order chi connectivity index (χ1) is 17.2. The van der Waals surface area contributed by atoms with E-state index in [4.69, 9.17) is 9.47 Å². The van der Waals surface area contributed by atoms with E-state index >= 15 is 0 Å². The van der Waals surface area contributed by atoms with E-state index in [1.165, 1.54) is 4.90 Å². The van der Waals surface area contributed by atoms with Crippen molar-refractivity contribution >= 4 is 17.4 Å². The molecule has 2 heterocycles. The van der Waals surface area contributed by atoms with Gasteiger partial charge in [-0.1, -0.05) is 32.9 Å². The first-order valence-corrected chi connectivity index (χ1v) is 11.7. The zero-order chi connectivity index (χ0) is 26.0. The van der Waals surface area contributed by atoms with Crippen LogP contribution in [0.5, 0.6) is 11.5 Å². The van der Waals surface area contributed by atoms with Gasteiger partial charge >= 0.3 is 0 Å². The molecular weight excluding hydrogens is 456 g/mol. The number of amides is 1. The van der Waals surface area contributed by atoms with Crippen LogP contribution in [0.1, 0.15) is 49.1 Å². The predicted molar refractivity (Wildman–Crippen MR) is 137 cm³/mol. The number of hydrogen-bond acceptors (Lipinski definition) is 6. The van der Waals surface area contributed by atoms with Crippen molar-refractivity contribution in [1.29, 1.82) is 0 Å². The molecule has 2 aromatic carbocycles. The third kappa shape index (κ3) is 4.69. The Morgan fingerprint density at radius 2 is 1.64 bits per heavy atom. The van der Waals surface area contributed by atoms with Crippen molar-refractivity contribution in [3.63, 3.8) is 0 Å². The standard InChI is InChI=1S/C29H30N2O5/c1-29(2,3)22-16-20(8-11-23(22)36-5)26(32)24-25(19-12-14-30-15-13-19)31(28(34)27(24)33)17-18-6-9-21(35-4)10-7-18/h6-16,25,32H,17H2,1-5H3/b26-24-. The summed E-state index contributed by atoms with van der Waals surface area (Å²) in [6.07, 6.45) is 3.21. The fourth-order valence-corrected chi connectivity index (χ4v) is 4.46. The molecule has 1 N–H and O–H groups in total. The molecule has 1 fully saturated rings. The van der Waals surface area contributed by atoms with Crippen molar-refractivity contribution in [1.82, 2.24) is 9.88 Å². The van der Waals surface area contributed by atoms with Crippen molar-refractivity contribution < 1.29 is 24.2 Å². The highest BCUT2D eigenvalue weighted by atomic mass is 16.5. The van der Waals surface area contributed by atoms with Crippen LogP contribution in [0, 0.1) is 0 Å². The molecule has 1 saturated heterocycles. The van der Waals surface area contributed by atoms with Crippen molar-refractivity contribution in [3.8, 4) is 11.5 Å². The molecular formula is C29H30N2O5. The Hall–Kier alpha value is -4.13. The summed E-state index contributed by atoms with van der Waals surface area (Å²) in [5.74, 6) is -0.236.